The van der Waals surface area contributed by atoms with Crippen molar-refractivity contribution in [2.75, 3.05) is 25.1 Å². The van der Waals surface area contributed by atoms with Crippen molar-refractivity contribution in [3.8, 4) is 0 Å². The van der Waals surface area contributed by atoms with Gasteiger partial charge in [-0.1, -0.05) is 46.3 Å². The molecule has 82 valence electrons. The van der Waals surface area contributed by atoms with E-state index in [9.17, 15) is 0 Å². The van der Waals surface area contributed by atoms with Crippen LogP contribution in [0.25, 0.3) is 0 Å². The molecular weight excluding hydrogens is 254 g/mol. The van der Waals surface area contributed by atoms with E-state index in [0.717, 1.165) is 31.6 Å². The standard InChI is InChI=1S/C12H16BrNO/c13-8-12-10-15-7-6-14(12)9-11-4-2-1-3-5-11/h1-5,12H,6-10H2. The maximum atomic E-state index is 5.47. The summed E-state index contributed by atoms with van der Waals surface area (Å²) in [6, 6.07) is 11.1. The summed E-state index contributed by atoms with van der Waals surface area (Å²) in [6.45, 7) is 3.76. The Morgan fingerprint density at radius 1 is 1.33 bits per heavy atom. The predicted octanol–water partition coefficient (Wildman–Crippen LogP) is 2.28. The Morgan fingerprint density at radius 3 is 2.87 bits per heavy atom. The van der Waals surface area contributed by atoms with Crippen molar-refractivity contribution in [1.29, 1.82) is 0 Å². The molecule has 0 spiro atoms. The molecule has 0 saturated carbocycles. The third kappa shape index (κ3) is 3.03. The van der Waals surface area contributed by atoms with Crippen molar-refractivity contribution in [2.24, 2.45) is 0 Å². The monoisotopic (exact) mass is 269 g/mol. The van der Waals surface area contributed by atoms with E-state index in [0.29, 0.717) is 6.04 Å². The molecule has 1 fully saturated rings. The Labute approximate surface area is 99.4 Å². The molecule has 1 aromatic rings. The van der Waals surface area contributed by atoms with Crippen LogP contribution in [0.3, 0.4) is 0 Å². The number of benzene rings is 1. The Bertz CT molecular complexity index is 291. The average Bonchev–Trinajstić information content (AvgIpc) is 2.31. The fourth-order valence-corrected chi connectivity index (χ4v) is 2.45. The zero-order valence-corrected chi connectivity index (χ0v) is 10.3. The van der Waals surface area contributed by atoms with Gasteiger partial charge in [0.2, 0.25) is 0 Å². The van der Waals surface area contributed by atoms with Gasteiger partial charge in [0.25, 0.3) is 0 Å². The molecule has 0 aromatic heterocycles. The second kappa shape index (κ2) is 5.64. The van der Waals surface area contributed by atoms with Crippen molar-refractivity contribution < 1.29 is 4.74 Å². The second-order valence-electron chi connectivity index (χ2n) is 3.84. The molecule has 1 saturated heterocycles. The van der Waals surface area contributed by atoms with Crippen molar-refractivity contribution in [3.63, 3.8) is 0 Å². The summed E-state index contributed by atoms with van der Waals surface area (Å²) in [5.74, 6) is 0. The number of alkyl halides is 1. The van der Waals surface area contributed by atoms with Gasteiger partial charge < -0.3 is 4.74 Å². The summed E-state index contributed by atoms with van der Waals surface area (Å²) in [5, 5.41) is 0.986. The highest BCUT2D eigenvalue weighted by Crippen LogP contribution is 2.13. The minimum Gasteiger partial charge on any atom is -0.378 e. The van der Waals surface area contributed by atoms with E-state index in [2.05, 4.69) is 51.2 Å². The highest BCUT2D eigenvalue weighted by atomic mass is 79.9. The Morgan fingerprint density at radius 2 is 2.13 bits per heavy atom. The largest absolute Gasteiger partial charge is 0.378 e. The third-order valence-electron chi connectivity index (χ3n) is 2.76. The fraction of sp³-hybridized carbons (Fsp3) is 0.500. The molecule has 1 aromatic carbocycles. The van der Waals surface area contributed by atoms with Crippen LogP contribution >= 0.6 is 15.9 Å². The van der Waals surface area contributed by atoms with Gasteiger partial charge in [0.1, 0.15) is 0 Å². The Balaban J connectivity index is 1.97. The molecule has 0 radical (unpaired) electrons. The predicted molar refractivity (Wildman–Crippen MR) is 65.3 cm³/mol. The molecule has 2 nitrogen and oxygen atoms in total. The molecule has 1 unspecified atom stereocenters. The van der Waals surface area contributed by atoms with Gasteiger partial charge in [-0.05, 0) is 5.56 Å². The van der Waals surface area contributed by atoms with Crippen LogP contribution in [0.5, 0.6) is 0 Å². The minimum absolute atomic E-state index is 0.513. The first-order valence-corrected chi connectivity index (χ1v) is 6.44. The van der Waals surface area contributed by atoms with Gasteiger partial charge in [0, 0.05) is 24.5 Å². The molecule has 0 amide bonds. The number of ether oxygens (including phenoxy) is 1. The normalized spacial score (nSPS) is 22.9. The van der Waals surface area contributed by atoms with Gasteiger partial charge in [-0.15, -0.1) is 0 Å². The van der Waals surface area contributed by atoms with E-state index in [4.69, 9.17) is 4.74 Å². The lowest BCUT2D eigenvalue weighted by Gasteiger charge is -2.34. The summed E-state index contributed by atoms with van der Waals surface area (Å²) in [4.78, 5) is 2.48. The van der Waals surface area contributed by atoms with Gasteiger partial charge in [-0.25, -0.2) is 0 Å². The molecule has 1 heterocycles. The van der Waals surface area contributed by atoms with Gasteiger partial charge in [0.05, 0.1) is 13.2 Å². The third-order valence-corrected chi connectivity index (χ3v) is 3.50. The lowest BCUT2D eigenvalue weighted by Crippen LogP contribution is -2.45. The zero-order valence-electron chi connectivity index (χ0n) is 8.73. The van der Waals surface area contributed by atoms with Crippen LogP contribution in [0.4, 0.5) is 0 Å². The Hall–Kier alpha value is -0.380. The maximum Gasteiger partial charge on any atom is 0.0630 e. The molecule has 1 aliphatic heterocycles. The SMILES string of the molecule is BrCC1COCCN1Cc1ccccc1. The highest BCUT2D eigenvalue weighted by Gasteiger charge is 2.21. The van der Waals surface area contributed by atoms with E-state index in [1.54, 1.807) is 0 Å². The lowest BCUT2D eigenvalue weighted by molar-refractivity contribution is -0.00212. The van der Waals surface area contributed by atoms with E-state index >= 15 is 0 Å². The molecule has 0 bridgehead atoms. The molecule has 0 N–H and O–H groups in total. The first kappa shape index (κ1) is 11.1. The summed E-state index contributed by atoms with van der Waals surface area (Å²) >= 11 is 3.54. The minimum atomic E-state index is 0.513. The second-order valence-corrected chi connectivity index (χ2v) is 4.49. The highest BCUT2D eigenvalue weighted by molar-refractivity contribution is 9.09. The number of nitrogens with zero attached hydrogens (tertiary/aromatic N) is 1. The topological polar surface area (TPSA) is 12.5 Å². The molecule has 3 heteroatoms. The van der Waals surface area contributed by atoms with E-state index < -0.39 is 0 Å². The molecule has 1 aliphatic rings. The average molecular weight is 270 g/mol. The molecule has 15 heavy (non-hydrogen) atoms. The van der Waals surface area contributed by atoms with Crippen molar-refractivity contribution >= 4 is 15.9 Å². The van der Waals surface area contributed by atoms with Gasteiger partial charge >= 0.3 is 0 Å². The summed E-state index contributed by atoms with van der Waals surface area (Å²) in [7, 11) is 0. The van der Waals surface area contributed by atoms with Crippen molar-refractivity contribution in [2.45, 2.75) is 12.6 Å². The molecular formula is C12H16BrNO. The number of rotatable bonds is 3. The molecule has 0 aliphatic carbocycles. The van der Waals surface area contributed by atoms with Gasteiger partial charge in [-0.2, -0.15) is 0 Å². The maximum absolute atomic E-state index is 5.47. The van der Waals surface area contributed by atoms with E-state index in [1.165, 1.54) is 5.56 Å². The smallest absolute Gasteiger partial charge is 0.0630 e. The summed E-state index contributed by atoms with van der Waals surface area (Å²) in [6.07, 6.45) is 0. The first-order valence-electron chi connectivity index (χ1n) is 5.32. The van der Waals surface area contributed by atoms with Crippen LogP contribution in [0.15, 0.2) is 30.3 Å². The summed E-state index contributed by atoms with van der Waals surface area (Å²) < 4.78 is 5.47. The van der Waals surface area contributed by atoms with Crippen LogP contribution in [-0.4, -0.2) is 36.0 Å². The lowest BCUT2D eigenvalue weighted by atomic mass is 10.1. The first-order chi connectivity index (χ1) is 7.40. The number of hydrogen-bond donors (Lipinski definition) is 0. The van der Waals surface area contributed by atoms with Crippen LogP contribution in [0.1, 0.15) is 5.56 Å². The van der Waals surface area contributed by atoms with Gasteiger partial charge in [-0.3, -0.25) is 4.90 Å². The molecule has 2 rings (SSSR count). The van der Waals surface area contributed by atoms with Crippen LogP contribution in [0, 0.1) is 0 Å². The number of hydrogen-bond acceptors (Lipinski definition) is 2. The quantitative estimate of drug-likeness (QED) is 0.781. The van der Waals surface area contributed by atoms with Crippen LogP contribution in [-0.2, 0) is 11.3 Å². The number of halogens is 1. The zero-order chi connectivity index (χ0) is 10.5. The van der Waals surface area contributed by atoms with Crippen molar-refractivity contribution in [3.05, 3.63) is 35.9 Å². The number of morpholine rings is 1. The van der Waals surface area contributed by atoms with Crippen LogP contribution < -0.4 is 0 Å². The fourth-order valence-electron chi connectivity index (χ4n) is 1.86. The Kier molecular flexibility index (Phi) is 4.18. The van der Waals surface area contributed by atoms with Gasteiger partial charge in [0.15, 0.2) is 0 Å². The van der Waals surface area contributed by atoms with E-state index in [1.807, 2.05) is 0 Å². The summed E-state index contributed by atoms with van der Waals surface area (Å²) in [5.41, 5.74) is 1.38. The van der Waals surface area contributed by atoms with Crippen LogP contribution in [0.2, 0.25) is 0 Å². The van der Waals surface area contributed by atoms with Crippen molar-refractivity contribution in [1.82, 2.24) is 4.90 Å². The van der Waals surface area contributed by atoms with E-state index in [-0.39, 0.29) is 0 Å². The molecule has 1 atom stereocenters.